The Bertz CT molecular complexity index is 1250. The average Bonchev–Trinajstić information content (AvgIpc) is 3.13. The van der Waals surface area contributed by atoms with Crippen molar-refractivity contribution < 1.29 is 19.4 Å². The van der Waals surface area contributed by atoms with E-state index in [0.29, 0.717) is 16.7 Å². The van der Waals surface area contributed by atoms with E-state index in [1.807, 2.05) is 60.7 Å². The summed E-state index contributed by atoms with van der Waals surface area (Å²) in [6.07, 6.45) is 3.51. The zero-order chi connectivity index (χ0) is 23.9. The number of carboxylic acid groups (broad SMARTS) is 1. The van der Waals surface area contributed by atoms with E-state index in [9.17, 15) is 9.59 Å². The van der Waals surface area contributed by atoms with E-state index >= 15 is 0 Å². The Morgan fingerprint density at radius 1 is 1.03 bits per heavy atom. The van der Waals surface area contributed by atoms with Crippen LogP contribution in [0.25, 0.3) is 6.08 Å². The van der Waals surface area contributed by atoms with Gasteiger partial charge < -0.3 is 9.84 Å². The second-order valence-electron chi connectivity index (χ2n) is 7.40. The second-order valence-corrected chi connectivity index (χ2v) is 8.41. The van der Waals surface area contributed by atoms with Gasteiger partial charge in [-0.05, 0) is 65.4 Å². The number of thioether (sulfide) groups is 1. The highest BCUT2D eigenvalue weighted by Gasteiger charge is 2.33. The van der Waals surface area contributed by atoms with Gasteiger partial charge in [0.25, 0.3) is 5.91 Å². The molecule has 34 heavy (non-hydrogen) atoms. The normalized spacial score (nSPS) is 15.6. The molecule has 0 spiro atoms. The van der Waals surface area contributed by atoms with Crippen molar-refractivity contribution >= 4 is 40.6 Å². The lowest BCUT2D eigenvalue weighted by Gasteiger charge is -2.16. The monoisotopic (exact) mass is 470 g/mol. The number of carbonyl (C=O) groups excluding carboxylic acids is 1. The Morgan fingerprint density at radius 3 is 2.38 bits per heavy atom. The predicted molar refractivity (Wildman–Crippen MR) is 135 cm³/mol. The summed E-state index contributed by atoms with van der Waals surface area (Å²) < 4.78 is 5.52. The van der Waals surface area contributed by atoms with Crippen LogP contribution in [0.15, 0.2) is 101 Å². The fourth-order valence-corrected chi connectivity index (χ4v) is 4.24. The summed E-state index contributed by atoms with van der Waals surface area (Å²) in [5, 5.41) is 9.70. The minimum absolute atomic E-state index is 0.158. The van der Waals surface area contributed by atoms with E-state index in [1.165, 1.54) is 23.9 Å². The van der Waals surface area contributed by atoms with Crippen molar-refractivity contribution in [3.05, 3.63) is 113 Å². The zero-order valence-electron chi connectivity index (χ0n) is 18.3. The first kappa shape index (κ1) is 23.1. The molecule has 0 radical (unpaired) electrons. The molecule has 0 unspecified atom stereocenters. The fraction of sp³-hybridized carbons (Fsp3) is 0.0741. The minimum atomic E-state index is -0.989. The van der Waals surface area contributed by atoms with Crippen LogP contribution in [0.3, 0.4) is 0 Å². The van der Waals surface area contributed by atoms with Gasteiger partial charge in [-0.3, -0.25) is 9.69 Å². The summed E-state index contributed by atoms with van der Waals surface area (Å²) >= 11 is 1.31. The van der Waals surface area contributed by atoms with Crippen LogP contribution in [-0.4, -0.2) is 33.7 Å². The van der Waals surface area contributed by atoms with Gasteiger partial charge in [0, 0.05) is 0 Å². The van der Waals surface area contributed by atoms with Crippen LogP contribution in [0, 0.1) is 0 Å². The molecule has 3 aromatic rings. The third kappa shape index (κ3) is 5.63. The summed E-state index contributed by atoms with van der Waals surface area (Å²) in [4.78, 5) is 31.3. The zero-order valence-corrected chi connectivity index (χ0v) is 19.1. The molecule has 3 aromatic carbocycles. The molecule has 0 saturated carbocycles. The molecule has 1 N–H and O–H groups in total. The van der Waals surface area contributed by atoms with E-state index in [4.69, 9.17) is 14.8 Å². The summed E-state index contributed by atoms with van der Waals surface area (Å²) in [5.74, 6) is -0.420. The molecule has 1 amide bonds. The molecular formula is C27H22N2O4S. The van der Waals surface area contributed by atoms with Gasteiger partial charge in [0.2, 0.25) is 0 Å². The summed E-state index contributed by atoms with van der Waals surface area (Å²) in [6.45, 7) is 4.35. The van der Waals surface area contributed by atoms with Gasteiger partial charge in [-0.15, -0.1) is 0 Å². The highest BCUT2D eigenvalue weighted by molar-refractivity contribution is 8.18. The molecule has 1 aliphatic heterocycles. The molecule has 0 bridgehead atoms. The number of para-hydroxylation sites is 1. The van der Waals surface area contributed by atoms with Crippen molar-refractivity contribution in [2.45, 2.75) is 6.54 Å². The number of aromatic carboxylic acids is 1. The maximum Gasteiger partial charge on any atom is 0.335 e. The Kier molecular flexibility index (Phi) is 7.25. The van der Waals surface area contributed by atoms with Crippen molar-refractivity contribution in [2.24, 2.45) is 4.99 Å². The first-order valence-electron chi connectivity index (χ1n) is 10.5. The van der Waals surface area contributed by atoms with Crippen LogP contribution >= 0.6 is 11.8 Å². The van der Waals surface area contributed by atoms with Crippen LogP contribution < -0.4 is 4.74 Å². The third-order valence-corrected chi connectivity index (χ3v) is 5.96. The Balaban J connectivity index is 1.61. The molecule has 1 heterocycles. The Labute approximate surface area is 201 Å². The van der Waals surface area contributed by atoms with Crippen molar-refractivity contribution in [3.8, 4) is 5.75 Å². The number of aliphatic imine (C=N–C) groups is 1. The first-order valence-corrected chi connectivity index (χ1v) is 11.4. The lowest BCUT2D eigenvalue weighted by molar-refractivity contribution is -0.122. The van der Waals surface area contributed by atoms with Crippen molar-refractivity contribution in [2.75, 3.05) is 6.61 Å². The number of benzene rings is 3. The highest BCUT2D eigenvalue weighted by atomic mass is 32.2. The predicted octanol–water partition coefficient (Wildman–Crippen LogP) is 5.75. The molecule has 0 atom stereocenters. The van der Waals surface area contributed by atoms with Crippen LogP contribution in [0.5, 0.6) is 5.75 Å². The smallest absolute Gasteiger partial charge is 0.335 e. The Hall–Kier alpha value is -4.10. The van der Waals surface area contributed by atoms with Crippen LogP contribution in [0.2, 0.25) is 0 Å². The fourth-order valence-electron chi connectivity index (χ4n) is 3.25. The number of nitrogens with zero attached hydrogens (tertiary/aromatic N) is 2. The molecule has 6 nitrogen and oxygen atoms in total. The number of amides is 1. The highest BCUT2D eigenvalue weighted by Crippen LogP contribution is 2.35. The van der Waals surface area contributed by atoms with Gasteiger partial charge in [-0.1, -0.05) is 55.1 Å². The van der Waals surface area contributed by atoms with Gasteiger partial charge in [0.1, 0.15) is 12.4 Å². The lowest BCUT2D eigenvalue weighted by atomic mass is 10.1. The second kappa shape index (κ2) is 10.7. The standard InChI is InChI=1S/C27H22N2O4S/c1-2-16-33-23-14-10-19(11-15-23)17-24-25(30)29(18-20-8-12-21(13-9-20)26(31)32)27(34-24)28-22-6-4-3-5-7-22/h2-15,17H,1,16,18H2,(H,31,32)/b24-17-,28-27?. The van der Waals surface area contributed by atoms with Crippen molar-refractivity contribution in [3.63, 3.8) is 0 Å². The van der Waals surface area contributed by atoms with Gasteiger partial charge in [-0.25, -0.2) is 9.79 Å². The van der Waals surface area contributed by atoms with E-state index in [1.54, 1.807) is 23.1 Å². The maximum atomic E-state index is 13.3. The van der Waals surface area contributed by atoms with E-state index in [0.717, 1.165) is 22.6 Å². The maximum absolute atomic E-state index is 13.3. The number of rotatable bonds is 8. The lowest BCUT2D eigenvalue weighted by Crippen LogP contribution is -2.28. The molecule has 1 fully saturated rings. The average molecular weight is 471 g/mol. The summed E-state index contributed by atoms with van der Waals surface area (Å²) in [6, 6.07) is 23.4. The summed E-state index contributed by atoms with van der Waals surface area (Å²) in [7, 11) is 0. The Morgan fingerprint density at radius 2 is 1.74 bits per heavy atom. The molecule has 4 rings (SSSR count). The minimum Gasteiger partial charge on any atom is -0.490 e. The van der Waals surface area contributed by atoms with Gasteiger partial charge in [0.05, 0.1) is 22.7 Å². The molecule has 1 aliphatic rings. The van der Waals surface area contributed by atoms with Crippen LogP contribution in [0.1, 0.15) is 21.5 Å². The molecule has 0 aliphatic carbocycles. The van der Waals surface area contributed by atoms with E-state index < -0.39 is 5.97 Å². The number of carboxylic acids is 1. The molecule has 170 valence electrons. The summed E-state index contributed by atoms with van der Waals surface area (Å²) in [5.41, 5.74) is 2.62. The van der Waals surface area contributed by atoms with Crippen molar-refractivity contribution in [1.82, 2.24) is 4.90 Å². The number of hydrogen-bond donors (Lipinski definition) is 1. The van der Waals surface area contributed by atoms with Gasteiger partial charge in [-0.2, -0.15) is 0 Å². The van der Waals surface area contributed by atoms with Gasteiger partial charge in [0.15, 0.2) is 5.17 Å². The quantitative estimate of drug-likeness (QED) is 0.335. The number of ether oxygens (including phenoxy) is 1. The van der Waals surface area contributed by atoms with E-state index in [-0.39, 0.29) is 18.0 Å². The topological polar surface area (TPSA) is 79.2 Å². The number of amidine groups is 1. The third-order valence-electron chi connectivity index (χ3n) is 4.96. The molecule has 1 saturated heterocycles. The van der Waals surface area contributed by atoms with Crippen LogP contribution in [-0.2, 0) is 11.3 Å². The van der Waals surface area contributed by atoms with E-state index in [2.05, 4.69) is 6.58 Å². The van der Waals surface area contributed by atoms with Crippen LogP contribution in [0.4, 0.5) is 5.69 Å². The first-order chi connectivity index (χ1) is 16.5. The molecular weight excluding hydrogens is 448 g/mol. The SMILES string of the molecule is C=CCOc1ccc(/C=C2\SC(=Nc3ccccc3)N(Cc3ccc(C(=O)O)cc3)C2=O)cc1. The number of hydrogen-bond acceptors (Lipinski definition) is 5. The van der Waals surface area contributed by atoms with Crippen molar-refractivity contribution in [1.29, 1.82) is 0 Å². The molecule has 0 aromatic heterocycles. The largest absolute Gasteiger partial charge is 0.490 e. The number of carbonyl (C=O) groups is 2. The molecule has 7 heteroatoms. The van der Waals surface area contributed by atoms with Gasteiger partial charge >= 0.3 is 5.97 Å².